The Hall–Kier alpha value is -4.71. The van der Waals surface area contributed by atoms with Gasteiger partial charge in [0.15, 0.2) is 0 Å². The Bertz CT molecular complexity index is 1840. The van der Waals surface area contributed by atoms with Crippen LogP contribution in [0.5, 0.6) is 5.75 Å². The maximum Gasteiger partial charge on any atom is 0.269 e. The lowest BCUT2D eigenvalue weighted by atomic mass is 10.1. The smallest absolute Gasteiger partial charge is 0.269 e. The quantitative estimate of drug-likeness (QED) is 0.206. The van der Waals surface area contributed by atoms with Gasteiger partial charge in [0.25, 0.3) is 5.91 Å². The van der Waals surface area contributed by atoms with E-state index in [0.717, 1.165) is 35.4 Å². The number of nitrogens with one attached hydrogen (secondary N) is 2. The third-order valence-corrected chi connectivity index (χ3v) is 8.51. The molecule has 0 aliphatic carbocycles. The molecule has 48 heavy (non-hydrogen) atoms. The molecule has 0 radical (unpaired) electrons. The van der Waals surface area contributed by atoms with Gasteiger partial charge >= 0.3 is 0 Å². The van der Waals surface area contributed by atoms with E-state index in [1.807, 2.05) is 32.0 Å². The van der Waals surface area contributed by atoms with E-state index < -0.39 is 11.8 Å². The summed E-state index contributed by atoms with van der Waals surface area (Å²) < 4.78 is 11.8. The average molecular weight is 692 g/mol. The van der Waals surface area contributed by atoms with Crippen LogP contribution < -0.4 is 25.2 Å². The Kier molecular flexibility index (Phi) is 11.5. The number of aromatic nitrogens is 2. The summed E-state index contributed by atoms with van der Waals surface area (Å²) in [5.74, 6) is -0.567. The minimum atomic E-state index is -0.475. The SMILES string of the molecule is CCNC(=O)c1ccc(/C=C/C(=O)NCC(=O)N(C)c2ccc(Cl)c(COc3cccc4c(N5CCOCC5)cc(C)nc34)c2Cl)cn1. The van der Waals surface area contributed by atoms with Crippen LogP contribution in [-0.2, 0) is 20.9 Å². The van der Waals surface area contributed by atoms with E-state index in [0.29, 0.717) is 47.3 Å². The average Bonchev–Trinajstić information content (AvgIpc) is 3.09. The van der Waals surface area contributed by atoms with Crippen molar-refractivity contribution in [2.75, 3.05) is 56.2 Å². The van der Waals surface area contributed by atoms with Crippen LogP contribution in [0.4, 0.5) is 11.4 Å². The number of hydrogen-bond donors (Lipinski definition) is 2. The number of carbonyl (C=O) groups is 3. The lowest BCUT2D eigenvalue weighted by molar-refractivity contribution is -0.122. The van der Waals surface area contributed by atoms with Gasteiger partial charge in [0, 0.05) is 66.3 Å². The fraction of sp³-hybridized carbons (Fsp3) is 0.286. The molecule has 5 rings (SSSR count). The van der Waals surface area contributed by atoms with Crippen LogP contribution in [0.25, 0.3) is 17.0 Å². The highest BCUT2D eigenvalue weighted by molar-refractivity contribution is 6.38. The van der Waals surface area contributed by atoms with Gasteiger partial charge < -0.3 is 29.9 Å². The van der Waals surface area contributed by atoms with Crippen molar-refractivity contribution in [2.45, 2.75) is 20.5 Å². The van der Waals surface area contributed by atoms with Crippen molar-refractivity contribution < 1.29 is 23.9 Å². The number of rotatable bonds is 11. The monoisotopic (exact) mass is 690 g/mol. The van der Waals surface area contributed by atoms with Crippen molar-refractivity contribution in [3.05, 3.63) is 93.4 Å². The molecule has 250 valence electrons. The lowest BCUT2D eigenvalue weighted by Gasteiger charge is -2.30. The number of amides is 3. The molecule has 3 amide bonds. The van der Waals surface area contributed by atoms with E-state index in [9.17, 15) is 14.4 Å². The number of carbonyl (C=O) groups excluding carboxylic acids is 3. The highest BCUT2D eigenvalue weighted by atomic mass is 35.5. The summed E-state index contributed by atoms with van der Waals surface area (Å²) in [6.07, 6.45) is 4.31. The molecule has 11 nitrogen and oxygen atoms in total. The van der Waals surface area contributed by atoms with Crippen LogP contribution in [0.15, 0.2) is 60.8 Å². The molecule has 2 aromatic carbocycles. The second-order valence-corrected chi connectivity index (χ2v) is 11.8. The molecule has 0 unspecified atom stereocenters. The van der Waals surface area contributed by atoms with Crippen LogP contribution in [0.3, 0.4) is 0 Å². The van der Waals surface area contributed by atoms with Gasteiger partial charge in [0.2, 0.25) is 11.8 Å². The van der Waals surface area contributed by atoms with Crippen molar-refractivity contribution in [1.82, 2.24) is 20.6 Å². The number of aryl methyl sites for hydroxylation is 1. The molecule has 0 spiro atoms. The Labute approximate surface area is 288 Å². The molecule has 1 saturated heterocycles. The van der Waals surface area contributed by atoms with Crippen molar-refractivity contribution in [3.63, 3.8) is 0 Å². The first-order chi connectivity index (χ1) is 23.2. The van der Waals surface area contributed by atoms with E-state index in [-0.39, 0.29) is 29.8 Å². The molecule has 3 heterocycles. The van der Waals surface area contributed by atoms with Crippen LogP contribution in [-0.4, -0.2) is 74.1 Å². The number of ether oxygens (including phenoxy) is 2. The van der Waals surface area contributed by atoms with E-state index in [4.69, 9.17) is 37.7 Å². The Morgan fingerprint density at radius 2 is 1.88 bits per heavy atom. The molecule has 1 aliphatic rings. The number of fused-ring (bicyclic) bond motifs is 1. The second kappa shape index (κ2) is 15.9. The number of pyridine rings is 2. The third kappa shape index (κ3) is 8.22. The van der Waals surface area contributed by atoms with Gasteiger partial charge in [-0.15, -0.1) is 0 Å². The standard InChI is InChI=1S/C35H36Cl2N6O5/c1-4-38-35(46)27-11-8-23(19-39-27)9-13-31(44)40-20-32(45)42(3)28-12-10-26(36)25(33(28)37)21-48-30-7-5-6-24-29(18-22(2)41-34(24)30)43-14-16-47-17-15-43/h5-13,18-19H,4,14-17,20-21H2,1-3H3,(H,38,46)(H,40,44)/b13-9+. The zero-order valence-corrected chi connectivity index (χ0v) is 28.4. The summed E-state index contributed by atoms with van der Waals surface area (Å²) in [6.45, 7) is 6.96. The van der Waals surface area contributed by atoms with Gasteiger partial charge in [-0.2, -0.15) is 0 Å². The molecule has 0 bridgehead atoms. The van der Waals surface area contributed by atoms with E-state index in [2.05, 4.69) is 26.6 Å². The Morgan fingerprint density at radius 1 is 1.08 bits per heavy atom. The van der Waals surface area contributed by atoms with Crippen LogP contribution in [0.1, 0.15) is 34.2 Å². The van der Waals surface area contributed by atoms with Crippen LogP contribution >= 0.6 is 23.2 Å². The summed E-state index contributed by atoms with van der Waals surface area (Å²) in [6, 6.07) is 14.4. The molecule has 0 atom stereocenters. The fourth-order valence-electron chi connectivity index (χ4n) is 5.17. The number of anilines is 2. The first kappa shape index (κ1) is 34.6. The summed E-state index contributed by atoms with van der Waals surface area (Å²) in [4.78, 5) is 49.9. The number of likely N-dealkylation sites (N-methyl/N-ethyl adjacent to an activating group) is 1. The molecule has 1 aliphatic heterocycles. The molecule has 4 aromatic rings. The van der Waals surface area contributed by atoms with Gasteiger partial charge in [-0.05, 0) is 55.8 Å². The minimum Gasteiger partial charge on any atom is -0.487 e. The zero-order chi connectivity index (χ0) is 34.2. The summed E-state index contributed by atoms with van der Waals surface area (Å²) in [5, 5.41) is 6.86. The molecule has 2 aromatic heterocycles. The van der Waals surface area contributed by atoms with Gasteiger partial charge in [0.1, 0.15) is 23.6 Å². The fourth-order valence-corrected chi connectivity index (χ4v) is 5.78. The number of benzene rings is 2. The third-order valence-electron chi connectivity index (χ3n) is 7.73. The predicted molar refractivity (Wildman–Crippen MR) is 188 cm³/mol. The summed E-state index contributed by atoms with van der Waals surface area (Å²) >= 11 is 13.4. The number of nitrogens with zero attached hydrogens (tertiary/aromatic N) is 4. The normalized spacial score (nSPS) is 13.1. The first-order valence-corrected chi connectivity index (χ1v) is 16.2. The topological polar surface area (TPSA) is 126 Å². The number of para-hydroxylation sites is 1. The van der Waals surface area contributed by atoms with E-state index >= 15 is 0 Å². The molecule has 0 saturated carbocycles. The number of halogens is 2. The molecule has 1 fully saturated rings. The Morgan fingerprint density at radius 3 is 2.60 bits per heavy atom. The maximum atomic E-state index is 13.0. The minimum absolute atomic E-state index is 0.0375. The number of hydrogen-bond acceptors (Lipinski definition) is 8. The van der Waals surface area contributed by atoms with Gasteiger partial charge in [-0.3, -0.25) is 19.4 Å². The molecule has 13 heteroatoms. The van der Waals surface area contributed by atoms with Crippen molar-refractivity contribution >= 4 is 69.3 Å². The van der Waals surface area contributed by atoms with E-state index in [1.165, 1.54) is 23.2 Å². The molecular weight excluding hydrogens is 655 g/mol. The van der Waals surface area contributed by atoms with Crippen molar-refractivity contribution in [3.8, 4) is 5.75 Å². The van der Waals surface area contributed by atoms with E-state index in [1.54, 1.807) is 31.3 Å². The van der Waals surface area contributed by atoms with Gasteiger partial charge in [-0.25, -0.2) is 4.98 Å². The molecular formula is C35H36Cl2N6O5. The lowest BCUT2D eigenvalue weighted by Crippen LogP contribution is -2.37. The Balaban J connectivity index is 1.23. The summed E-state index contributed by atoms with van der Waals surface area (Å²) in [5.41, 5.74) is 4.49. The van der Waals surface area contributed by atoms with Crippen molar-refractivity contribution in [1.29, 1.82) is 0 Å². The van der Waals surface area contributed by atoms with Gasteiger partial charge in [-0.1, -0.05) is 41.4 Å². The second-order valence-electron chi connectivity index (χ2n) is 11.0. The van der Waals surface area contributed by atoms with Crippen LogP contribution in [0.2, 0.25) is 10.0 Å². The highest BCUT2D eigenvalue weighted by Gasteiger charge is 2.21. The van der Waals surface area contributed by atoms with Crippen molar-refractivity contribution in [2.24, 2.45) is 0 Å². The zero-order valence-electron chi connectivity index (χ0n) is 26.9. The molecule has 2 N–H and O–H groups in total. The first-order valence-electron chi connectivity index (χ1n) is 15.5. The predicted octanol–water partition coefficient (Wildman–Crippen LogP) is 5.20. The largest absolute Gasteiger partial charge is 0.487 e. The van der Waals surface area contributed by atoms with Crippen LogP contribution in [0, 0.1) is 6.92 Å². The number of morpholine rings is 1. The highest BCUT2D eigenvalue weighted by Crippen LogP contribution is 2.37. The van der Waals surface area contributed by atoms with Gasteiger partial charge in [0.05, 0.1) is 30.5 Å². The summed E-state index contributed by atoms with van der Waals surface area (Å²) in [7, 11) is 1.57. The maximum absolute atomic E-state index is 13.0.